The molecule has 118 valence electrons. The van der Waals surface area contributed by atoms with Gasteiger partial charge in [-0.15, -0.1) is 0 Å². The first-order valence-corrected chi connectivity index (χ1v) is 7.68. The van der Waals surface area contributed by atoms with Gasteiger partial charge in [-0.3, -0.25) is 14.6 Å². The van der Waals surface area contributed by atoms with E-state index in [1.165, 1.54) is 0 Å². The van der Waals surface area contributed by atoms with E-state index in [2.05, 4.69) is 4.98 Å². The fourth-order valence-electron chi connectivity index (χ4n) is 2.90. The minimum atomic E-state index is -0.338. The zero-order chi connectivity index (χ0) is 16.4. The SMILES string of the molecule is Cc1nc(-c2ccccc2)ccc1C(=O)N1CC[C@@H](C(N)=O)C1. The van der Waals surface area contributed by atoms with Crippen LogP contribution in [0.2, 0.25) is 0 Å². The Labute approximate surface area is 135 Å². The van der Waals surface area contributed by atoms with Crippen molar-refractivity contribution in [3.05, 3.63) is 53.7 Å². The summed E-state index contributed by atoms with van der Waals surface area (Å²) in [5.41, 5.74) is 8.46. The van der Waals surface area contributed by atoms with Crippen molar-refractivity contribution >= 4 is 11.8 Å². The molecule has 2 heterocycles. The Morgan fingerprint density at radius 3 is 2.52 bits per heavy atom. The van der Waals surface area contributed by atoms with Crippen LogP contribution in [0.15, 0.2) is 42.5 Å². The molecule has 0 bridgehead atoms. The number of nitrogens with zero attached hydrogens (tertiary/aromatic N) is 2. The fraction of sp³-hybridized carbons (Fsp3) is 0.278. The third kappa shape index (κ3) is 3.08. The van der Waals surface area contributed by atoms with E-state index in [0.29, 0.717) is 30.8 Å². The number of primary amides is 1. The number of carbonyl (C=O) groups excluding carboxylic acids is 2. The van der Waals surface area contributed by atoms with E-state index in [1.54, 1.807) is 4.90 Å². The zero-order valence-corrected chi connectivity index (χ0v) is 13.0. The Bertz CT molecular complexity index is 743. The number of nitrogens with two attached hydrogens (primary N) is 1. The highest BCUT2D eigenvalue weighted by Gasteiger charge is 2.30. The molecule has 2 N–H and O–H groups in total. The van der Waals surface area contributed by atoms with Gasteiger partial charge < -0.3 is 10.6 Å². The van der Waals surface area contributed by atoms with Crippen molar-refractivity contribution in [1.29, 1.82) is 0 Å². The van der Waals surface area contributed by atoms with Crippen LogP contribution >= 0.6 is 0 Å². The van der Waals surface area contributed by atoms with Gasteiger partial charge in [0, 0.05) is 18.7 Å². The summed E-state index contributed by atoms with van der Waals surface area (Å²) < 4.78 is 0. The van der Waals surface area contributed by atoms with E-state index in [0.717, 1.165) is 11.3 Å². The van der Waals surface area contributed by atoms with Gasteiger partial charge in [-0.25, -0.2) is 0 Å². The maximum absolute atomic E-state index is 12.6. The van der Waals surface area contributed by atoms with Gasteiger partial charge in [-0.2, -0.15) is 0 Å². The van der Waals surface area contributed by atoms with Crippen LogP contribution in [0.1, 0.15) is 22.5 Å². The first-order valence-electron chi connectivity index (χ1n) is 7.68. The van der Waals surface area contributed by atoms with Crippen molar-refractivity contribution in [2.45, 2.75) is 13.3 Å². The van der Waals surface area contributed by atoms with Crippen LogP contribution in [0.25, 0.3) is 11.3 Å². The number of rotatable bonds is 3. The summed E-state index contributed by atoms with van der Waals surface area (Å²) in [6.07, 6.45) is 0.635. The number of likely N-dealkylation sites (tertiary alicyclic amines) is 1. The van der Waals surface area contributed by atoms with Crippen LogP contribution in [0.4, 0.5) is 0 Å². The lowest BCUT2D eigenvalue weighted by molar-refractivity contribution is -0.121. The molecule has 5 heteroatoms. The number of carbonyl (C=O) groups is 2. The first-order chi connectivity index (χ1) is 11.1. The van der Waals surface area contributed by atoms with Crippen molar-refractivity contribution in [3.63, 3.8) is 0 Å². The summed E-state index contributed by atoms with van der Waals surface area (Å²) in [5.74, 6) is -0.663. The van der Waals surface area contributed by atoms with E-state index in [9.17, 15) is 9.59 Å². The molecule has 2 amide bonds. The number of aryl methyl sites for hydroxylation is 1. The van der Waals surface area contributed by atoms with Gasteiger partial charge in [0.15, 0.2) is 0 Å². The van der Waals surface area contributed by atoms with Gasteiger partial charge in [0.2, 0.25) is 5.91 Å². The number of benzene rings is 1. The molecule has 1 saturated heterocycles. The standard InChI is InChI=1S/C18H19N3O2/c1-12-15(18(23)21-10-9-14(11-21)17(19)22)7-8-16(20-12)13-5-3-2-4-6-13/h2-8,14H,9-11H2,1H3,(H2,19,22)/t14-/m1/s1. The van der Waals surface area contributed by atoms with Gasteiger partial charge in [0.05, 0.1) is 22.9 Å². The Balaban J connectivity index is 1.81. The molecule has 1 aliphatic heterocycles. The summed E-state index contributed by atoms with van der Waals surface area (Å²) in [4.78, 5) is 30.1. The lowest BCUT2D eigenvalue weighted by Crippen LogP contribution is -2.32. The first kappa shape index (κ1) is 15.2. The number of pyridine rings is 1. The largest absolute Gasteiger partial charge is 0.369 e. The maximum atomic E-state index is 12.6. The van der Waals surface area contributed by atoms with Gasteiger partial charge >= 0.3 is 0 Å². The summed E-state index contributed by atoms with van der Waals surface area (Å²) in [5, 5.41) is 0. The van der Waals surface area contributed by atoms with E-state index >= 15 is 0 Å². The molecule has 0 radical (unpaired) electrons. The lowest BCUT2D eigenvalue weighted by atomic mass is 10.1. The Morgan fingerprint density at radius 1 is 1.17 bits per heavy atom. The molecule has 1 aliphatic rings. The average molecular weight is 309 g/mol. The van der Waals surface area contributed by atoms with Crippen molar-refractivity contribution in [1.82, 2.24) is 9.88 Å². The molecule has 1 aromatic carbocycles. The van der Waals surface area contributed by atoms with Crippen LogP contribution in [-0.4, -0.2) is 34.8 Å². The molecule has 3 rings (SSSR count). The predicted molar refractivity (Wildman–Crippen MR) is 87.6 cm³/mol. The Kier molecular flexibility index (Phi) is 4.10. The molecule has 1 atom stereocenters. The highest BCUT2D eigenvalue weighted by atomic mass is 16.2. The van der Waals surface area contributed by atoms with Crippen molar-refractivity contribution in [2.75, 3.05) is 13.1 Å². The van der Waals surface area contributed by atoms with Crippen LogP contribution < -0.4 is 5.73 Å². The quantitative estimate of drug-likeness (QED) is 0.942. The highest BCUT2D eigenvalue weighted by Crippen LogP contribution is 2.22. The number of hydrogen-bond donors (Lipinski definition) is 1. The highest BCUT2D eigenvalue weighted by molar-refractivity contribution is 5.96. The van der Waals surface area contributed by atoms with Crippen LogP contribution in [0.5, 0.6) is 0 Å². The molecule has 2 aromatic rings. The number of hydrogen-bond acceptors (Lipinski definition) is 3. The molecule has 0 spiro atoms. The predicted octanol–water partition coefficient (Wildman–Crippen LogP) is 2.00. The van der Waals surface area contributed by atoms with Gasteiger partial charge in [0.1, 0.15) is 0 Å². The Morgan fingerprint density at radius 2 is 1.91 bits per heavy atom. The van der Waals surface area contributed by atoms with Crippen LogP contribution in [0, 0.1) is 12.8 Å². The minimum Gasteiger partial charge on any atom is -0.369 e. The maximum Gasteiger partial charge on any atom is 0.255 e. The molecular formula is C18H19N3O2. The van der Waals surface area contributed by atoms with Crippen molar-refractivity contribution in [2.24, 2.45) is 11.7 Å². The third-order valence-corrected chi connectivity index (χ3v) is 4.26. The third-order valence-electron chi connectivity index (χ3n) is 4.26. The molecule has 1 fully saturated rings. The molecule has 23 heavy (non-hydrogen) atoms. The van der Waals surface area contributed by atoms with E-state index < -0.39 is 0 Å². The molecule has 5 nitrogen and oxygen atoms in total. The van der Waals surface area contributed by atoms with Gasteiger partial charge in [0.25, 0.3) is 5.91 Å². The second-order valence-corrected chi connectivity index (χ2v) is 5.83. The summed E-state index contributed by atoms with van der Waals surface area (Å²) >= 11 is 0. The average Bonchev–Trinajstić information content (AvgIpc) is 3.05. The molecular weight excluding hydrogens is 290 g/mol. The second-order valence-electron chi connectivity index (χ2n) is 5.83. The van der Waals surface area contributed by atoms with Crippen molar-refractivity contribution < 1.29 is 9.59 Å². The minimum absolute atomic E-state index is 0.0849. The van der Waals surface area contributed by atoms with E-state index in [1.807, 2.05) is 49.4 Å². The zero-order valence-electron chi connectivity index (χ0n) is 13.0. The smallest absolute Gasteiger partial charge is 0.255 e. The normalized spacial score (nSPS) is 17.3. The molecule has 0 saturated carbocycles. The summed E-state index contributed by atoms with van der Waals surface area (Å²) in [6, 6.07) is 13.5. The molecule has 0 aliphatic carbocycles. The van der Waals surface area contributed by atoms with Crippen molar-refractivity contribution in [3.8, 4) is 11.3 Å². The number of aromatic nitrogens is 1. The van der Waals surface area contributed by atoms with Gasteiger partial charge in [-0.05, 0) is 25.5 Å². The summed E-state index contributed by atoms with van der Waals surface area (Å²) in [7, 11) is 0. The van der Waals surface area contributed by atoms with E-state index in [-0.39, 0.29) is 17.7 Å². The van der Waals surface area contributed by atoms with Crippen LogP contribution in [0.3, 0.4) is 0 Å². The topological polar surface area (TPSA) is 76.3 Å². The summed E-state index contributed by atoms with van der Waals surface area (Å²) in [6.45, 7) is 2.79. The number of amides is 2. The fourth-order valence-corrected chi connectivity index (χ4v) is 2.90. The van der Waals surface area contributed by atoms with Crippen LogP contribution in [-0.2, 0) is 4.79 Å². The van der Waals surface area contributed by atoms with Gasteiger partial charge in [-0.1, -0.05) is 30.3 Å². The molecule has 0 unspecified atom stereocenters. The molecule has 1 aromatic heterocycles. The Hall–Kier alpha value is -2.69. The second kappa shape index (κ2) is 6.20. The monoisotopic (exact) mass is 309 g/mol. The lowest BCUT2D eigenvalue weighted by Gasteiger charge is -2.17. The van der Waals surface area contributed by atoms with E-state index in [4.69, 9.17) is 5.73 Å².